The third-order valence-corrected chi connectivity index (χ3v) is 3.35. The highest BCUT2D eigenvalue weighted by Gasteiger charge is 2.50. The molecule has 0 aliphatic heterocycles. The topological polar surface area (TPSA) is 0 Å². The van der Waals surface area contributed by atoms with Crippen molar-refractivity contribution >= 4 is 0 Å². The molecule has 54 valence electrons. The van der Waals surface area contributed by atoms with Crippen LogP contribution in [0.1, 0.15) is 26.2 Å². The molecule has 0 amide bonds. The van der Waals surface area contributed by atoms with Crippen LogP contribution in [-0.4, -0.2) is 0 Å². The van der Waals surface area contributed by atoms with Crippen LogP contribution < -0.4 is 0 Å². The van der Waals surface area contributed by atoms with Gasteiger partial charge in [0.15, 0.2) is 0 Å². The minimum Gasteiger partial charge on any atom is -0.0998 e. The molecule has 2 fully saturated rings. The molecule has 10 heavy (non-hydrogen) atoms. The van der Waals surface area contributed by atoms with Crippen molar-refractivity contribution < 1.29 is 0 Å². The van der Waals surface area contributed by atoms with Gasteiger partial charge in [0.25, 0.3) is 0 Å². The van der Waals surface area contributed by atoms with E-state index in [9.17, 15) is 0 Å². The minimum atomic E-state index is 0.469. The van der Waals surface area contributed by atoms with Crippen molar-refractivity contribution in [1.29, 1.82) is 0 Å². The van der Waals surface area contributed by atoms with Crippen LogP contribution in [0.3, 0.4) is 0 Å². The molecule has 0 nitrogen and oxygen atoms in total. The first-order chi connectivity index (χ1) is 4.63. The molecular weight excluding hydrogens is 120 g/mol. The molecule has 0 heteroatoms. The maximum Gasteiger partial charge on any atom is -0.00476 e. The number of allylic oxidation sites excluding steroid dienone is 2. The molecule has 2 aliphatic carbocycles. The molecule has 0 aromatic carbocycles. The zero-order chi connectivity index (χ0) is 7.35. The highest BCUT2D eigenvalue weighted by Crippen LogP contribution is 2.61. The fraction of sp³-hybridized carbons (Fsp3) is 0.600. The Morgan fingerprint density at radius 2 is 2.10 bits per heavy atom. The Morgan fingerprint density at radius 1 is 1.40 bits per heavy atom. The number of rotatable bonds is 0. The average molecular weight is 134 g/mol. The van der Waals surface area contributed by atoms with Gasteiger partial charge in [-0.3, -0.25) is 0 Å². The van der Waals surface area contributed by atoms with E-state index in [1.807, 2.05) is 0 Å². The van der Waals surface area contributed by atoms with Crippen molar-refractivity contribution in [2.75, 3.05) is 0 Å². The quantitative estimate of drug-likeness (QED) is 0.447. The standard InChI is InChI=1S/C10H14/c1-7-4-9-5-8(2)10(9,3)6-7/h9H,1-2,4-6H2,3H3/t9-,10+/m1/s1. The summed E-state index contributed by atoms with van der Waals surface area (Å²) in [6.07, 6.45) is 3.72. The van der Waals surface area contributed by atoms with E-state index >= 15 is 0 Å². The highest BCUT2D eigenvalue weighted by atomic mass is 14.5. The van der Waals surface area contributed by atoms with Crippen LogP contribution in [0, 0.1) is 11.3 Å². The Morgan fingerprint density at radius 3 is 2.50 bits per heavy atom. The van der Waals surface area contributed by atoms with Gasteiger partial charge in [-0.15, -0.1) is 0 Å². The molecule has 0 aromatic rings. The van der Waals surface area contributed by atoms with Crippen LogP contribution in [-0.2, 0) is 0 Å². The second-order valence-corrected chi connectivity index (χ2v) is 4.05. The predicted molar refractivity (Wildman–Crippen MR) is 43.7 cm³/mol. The maximum absolute atomic E-state index is 4.07. The third kappa shape index (κ3) is 0.524. The van der Waals surface area contributed by atoms with Crippen LogP contribution in [0.15, 0.2) is 24.3 Å². The Hall–Kier alpha value is -0.520. The molecule has 0 aromatic heterocycles. The molecule has 0 N–H and O–H groups in total. The lowest BCUT2D eigenvalue weighted by atomic mass is 9.60. The first kappa shape index (κ1) is 6.21. The summed E-state index contributed by atoms with van der Waals surface area (Å²) in [6, 6.07) is 0. The first-order valence-electron chi connectivity index (χ1n) is 3.98. The second-order valence-electron chi connectivity index (χ2n) is 4.05. The summed E-state index contributed by atoms with van der Waals surface area (Å²) in [5.41, 5.74) is 3.36. The number of hydrogen-bond acceptors (Lipinski definition) is 0. The van der Waals surface area contributed by atoms with Crippen LogP contribution in [0.25, 0.3) is 0 Å². The normalized spacial score (nSPS) is 45.1. The molecule has 0 unspecified atom stereocenters. The zero-order valence-electron chi connectivity index (χ0n) is 6.61. The lowest BCUT2D eigenvalue weighted by Crippen LogP contribution is -2.34. The summed E-state index contributed by atoms with van der Waals surface area (Å²) in [4.78, 5) is 0. The van der Waals surface area contributed by atoms with Gasteiger partial charge in [-0.1, -0.05) is 31.2 Å². The predicted octanol–water partition coefficient (Wildman–Crippen LogP) is 2.92. The first-order valence-corrected chi connectivity index (χ1v) is 3.98. The van der Waals surface area contributed by atoms with Gasteiger partial charge in [0.2, 0.25) is 0 Å². The summed E-state index contributed by atoms with van der Waals surface area (Å²) in [5, 5.41) is 0. The average Bonchev–Trinajstić information content (AvgIpc) is 2.07. The maximum atomic E-state index is 4.07. The number of fused-ring (bicyclic) bond motifs is 1. The second kappa shape index (κ2) is 1.55. The lowest BCUT2D eigenvalue weighted by molar-refractivity contribution is 0.188. The van der Waals surface area contributed by atoms with Crippen molar-refractivity contribution in [1.82, 2.24) is 0 Å². The van der Waals surface area contributed by atoms with Crippen molar-refractivity contribution in [3.8, 4) is 0 Å². The molecule has 0 saturated heterocycles. The monoisotopic (exact) mass is 134 g/mol. The Balaban J connectivity index is 2.29. The van der Waals surface area contributed by atoms with Gasteiger partial charge in [0, 0.05) is 0 Å². The van der Waals surface area contributed by atoms with Crippen LogP contribution in [0.5, 0.6) is 0 Å². The van der Waals surface area contributed by atoms with Crippen molar-refractivity contribution in [2.45, 2.75) is 26.2 Å². The van der Waals surface area contributed by atoms with E-state index in [2.05, 4.69) is 20.1 Å². The summed E-state index contributed by atoms with van der Waals surface area (Å²) < 4.78 is 0. The summed E-state index contributed by atoms with van der Waals surface area (Å²) in [5.74, 6) is 0.896. The van der Waals surface area contributed by atoms with Crippen LogP contribution >= 0.6 is 0 Å². The van der Waals surface area contributed by atoms with Crippen molar-refractivity contribution in [3.63, 3.8) is 0 Å². The van der Waals surface area contributed by atoms with Gasteiger partial charge in [-0.2, -0.15) is 0 Å². The van der Waals surface area contributed by atoms with Crippen molar-refractivity contribution in [2.24, 2.45) is 11.3 Å². The van der Waals surface area contributed by atoms with E-state index in [-0.39, 0.29) is 0 Å². The molecule has 2 atom stereocenters. The lowest BCUT2D eigenvalue weighted by Gasteiger charge is -2.44. The molecule has 2 aliphatic rings. The fourth-order valence-corrected chi connectivity index (χ4v) is 2.42. The largest absolute Gasteiger partial charge is 0.0998 e. The number of hydrogen-bond donors (Lipinski definition) is 0. The van der Waals surface area contributed by atoms with Gasteiger partial charge >= 0.3 is 0 Å². The van der Waals surface area contributed by atoms with E-state index < -0.39 is 0 Å². The zero-order valence-corrected chi connectivity index (χ0v) is 6.61. The Labute approximate surface area is 62.6 Å². The van der Waals surface area contributed by atoms with Gasteiger partial charge in [-0.05, 0) is 30.6 Å². The molecule has 0 bridgehead atoms. The molecule has 2 rings (SSSR count). The van der Waals surface area contributed by atoms with E-state index in [1.54, 1.807) is 0 Å². The van der Waals surface area contributed by atoms with Gasteiger partial charge in [0.1, 0.15) is 0 Å². The van der Waals surface area contributed by atoms with Gasteiger partial charge < -0.3 is 0 Å². The van der Waals surface area contributed by atoms with E-state index in [1.165, 1.54) is 30.4 Å². The Bertz CT molecular complexity index is 212. The Kier molecular flexibility index (Phi) is 0.964. The van der Waals surface area contributed by atoms with Gasteiger partial charge in [-0.25, -0.2) is 0 Å². The molecule has 0 spiro atoms. The summed E-state index contributed by atoms with van der Waals surface area (Å²) in [7, 11) is 0. The van der Waals surface area contributed by atoms with Crippen molar-refractivity contribution in [3.05, 3.63) is 24.3 Å². The van der Waals surface area contributed by atoms with Crippen LogP contribution in [0.2, 0.25) is 0 Å². The van der Waals surface area contributed by atoms with Crippen LogP contribution in [0.4, 0.5) is 0 Å². The van der Waals surface area contributed by atoms with E-state index in [0.717, 1.165) is 5.92 Å². The highest BCUT2D eigenvalue weighted by molar-refractivity contribution is 5.31. The third-order valence-electron chi connectivity index (χ3n) is 3.35. The summed E-state index contributed by atoms with van der Waals surface area (Å²) >= 11 is 0. The van der Waals surface area contributed by atoms with E-state index in [0.29, 0.717) is 5.41 Å². The summed E-state index contributed by atoms with van der Waals surface area (Å²) in [6.45, 7) is 10.4. The minimum absolute atomic E-state index is 0.469. The molecule has 0 heterocycles. The SMILES string of the molecule is C=C1C[C@@H]2CC(=C)[C@]2(C)C1. The fourth-order valence-electron chi connectivity index (χ4n) is 2.42. The molecule has 0 radical (unpaired) electrons. The molecular formula is C10H14. The van der Waals surface area contributed by atoms with E-state index in [4.69, 9.17) is 0 Å². The molecule has 2 saturated carbocycles. The smallest absolute Gasteiger partial charge is 0.00476 e. The van der Waals surface area contributed by atoms with Gasteiger partial charge in [0.05, 0.1) is 0 Å².